The van der Waals surface area contributed by atoms with Gasteiger partial charge in [0, 0.05) is 0 Å². The number of hydrazine groups is 1. The molecule has 0 unspecified atom stereocenters. The first-order valence-electron chi connectivity index (χ1n) is 13.9. The van der Waals surface area contributed by atoms with E-state index in [1.165, 1.54) is 10.3 Å². The Morgan fingerprint density at radius 1 is 1.10 bits per heavy atom. The number of aliphatic hydroxyl groups is 4. The maximum atomic E-state index is 13.1. The lowest BCUT2D eigenvalue weighted by Crippen LogP contribution is -2.59. The van der Waals surface area contributed by atoms with Crippen LogP contribution in [0.1, 0.15) is 57.7 Å². The molecule has 15 nitrogen and oxygen atoms in total. The lowest BCUT2D eigenvalue weighted by molar-refractivity contribution is -0.304. The van der Waals surface area contributed by atoms with E-state index in [1.807, 2.05) is 12.2 Å². The van der Waals surface area contributed by atoms with E-state index in [9.17, 15) is 30.0 Å². The summed E-state index contributed by atoms with van der Waals surface area (Å²) in [6.07, 6.45) is 1.70. The van der Waals surface area contributed by atoms with E-state index in [1.54, 1.807) is 20.0 Å². The third-order valence-electron chi connectivity index (χ3n) is 7.32. The van der Waals surface area contributed by atoms with E-state index in [0.717, 1.165) is 42.7 Å². The zero-order chi connectivity index (χ0) is 29.5. The summed E-state index contributed by atoms with van der Waals surface area (Å²) in [6, 6.07) is -1.27. The predicted octanol–water partition coefficient (Wildman–Crippen LogP) is 0.454. The summed E-state index contributed by atoms with van der Waals surface area (Å²) in [5, 5.41) is 49.1. The summed E-state index contributed by atoms with van der Waals surface area (Å²) in [7, 11) is 0. The van der Waals surface area contributed by atoms with Crippen molar-refractivity contribution in [3.63, 3.8) is 0 Å². The lowest BCUT2D eigenvalue weighted by atomic mass is 9.88. The highest BCUT2D eigenvalue weighted by atomic mass is 16.7. The fraction of sp³-hybridized carbons (Fsp3) is 0.692. The van der Waals surface area contributed by atoms with Crippen molar-refractivity contribution in [1.29, 1.82) is 0 Å². The quantitative estimate of drug-likeness (QED) is 0.266. The molecule has 2 aliphatic carbocycles. The first kappa shape index (κ1) is 30.9. The van der Waals surface area contributed by atoms with Gasteiger partial charge in [0.05, 0.1) is 38.7 Å². The number of ether oxygens (including phenoxy) is 4. The molecule has 2 amide bonds. The molecule has 0 spiro atoms. The average molecular weight is 582 g/mol. The van der Waals surface area contributed by atoms with E-state index in [4.69, 9.17) is 18.9 Å². The zero-order valence-corrected chi connectivity index (χ0v) is 23.2. The van der Waals surface area contributed by atoms with Crippen LogP contribution in [0.4, 0.5) is 9.59 Å². The van der Waals surface area contributed by atoms with Crippen molar-refractivity contribution in [3.05, 3.63) is 35.2 Å². The van der Waals surface area contributed by atoms with Gasteiger partial charge >= 0.3 is 12.2 Å². The summed E-state index contributed by atoms with van der Waals surface area (Å²) in [5.41, 5.74) is 4.95. The maximum Gasteiger partial charge on any atom is 0.429 e. The highest BCUT2D eigenvalue weighted by Crippen LogP contribution is 2.38. The largest absolute Gasteiger partial charge is 0.449 e. The van der Waals surface area contributed by atoms with Crippen LogP contribution >= 0.6 is 0 Å². The van der Waals surface area contributed by atoms with Crippen LogP contribution in [0.5, 0.6) is 0 Å². The predicted molar refractivity (Wildman–Crippen MR) is 140 cm³/mol. The third-order valence-corrected chi connectivity index (χ3v) is 7.32. The van der Waals surface area contributed by atoms with E-state index >= 15 is 0 Å². The second-order valence-corrected chi connectivity index (χ2v) is 10.0. The number of allylic oxidation sites excluding steroid dienone is 1. The Kier molecular flexibility index (Phi) is 10.7. The fourth-order valence-electron chi connectivity index (χ4n) is 5.29. The molecule has 15 heteroatoms. The molecule has 1 saturated carbocycles. The van der Waals surface area contributed by atoms with Gasteiger partial charge in [0.25, 0.3) is 0 Å². The topological polar surface area (TPSA) is 198 Å². The van der Waals surface area contributed by atoms with Gasteiger partial charge < -0.3 is 39.4 Å². The van der Waals surface area contributed by atoms with Crippen LogP contribution in [0, 0.1) is 0 Å². The molecular weight excluding hydrogens is 542 g/mol. The number of carbonyl (C=O) groups excluding carboxylic acids is 2. The molecule has 4 rings (SSSR count). The summed E-state index contributed by atoms with van der Waals surface area (Å²) in [6.45, 7) is 2.78. The zero-order valence-electron chi connectivity index (χ0n) is 23.2. The summed E-state index contributed by atoms with van der Waals surface area (Å²) < 4.78 is 22.8. The number of aromatic nitrogens is 3. The SMILES string of the molecule is CCOC(=O)NN(C(=O)OCC)[C@@H]1C(=C2CCCCC2)C=C[C@H]1n1cc(CO[C@@H]2O[C@H](CO)[C@@H](O)[C@H](O)[C@H]2O)nn1. The van der Waals surface area contributed by atoms with E-state index in [0.29, 0.717) is 5.69 Å². The van der Waals surface area contributed by atoms with Crippen LogP contribution in [0.3, 0.4) is 0 Å². The van der Waals surface area contributed by atoms with Crippen molar-refractivity contribution >= 4 is 12.2 Å². The molecule has 7 atom stereocenters. The van der Waals surface area contributed by atoms with Gasteiger partial charge in [-0.3, -0.25) is 0 Å². The average Bonchev–Trinajstić information content (AvgIpc) is 3.62. The Labute approximate surface area is 237 Å². The summed E-state index contributed by atoms with van der Waals surface area (Å²) in [4.78, 5) is 25.6. The fourth-order valence-corrected chi connectivity index (χ4v) is 5.29. The molecule has 0 bridgehead atoms. The highest BCUT2D eigenvalue weighted by Gasteiger charge is 2.44. The van der Waals surface area contributed by atoms with Crippen LogP contribution in [0.15, 0.2) is 29.5 Å². The van der Waals surface area contributed by atoms with Crippen molar-refractivity contribution in [3.8, 4) is 0 Å². The molecular formula is C26H39N5O10. The normalized spacial score (nSPS) is 29.9. The van der Waals surface area contributed by atoms with E-state index in [-0.39, 0.29) is 19.8 Å². The van der Waals surface area contributed by atoms with Gasteiger partial charge in [0.15, 0.2) is 6.29 Å². The molecule has 1 aliphatic heterocycles. The smallest absolute Gasteiger partial charge is 0.429 e. The van der Waals surface area contributed by atoms with Crippen molar-refractivity contribution in [1.82, 2.24) is 25.4 Å². The van der Waals surface area contributed by atoms with Crippen LogP contribution < -0.4 is 5.43 Å². The molecule has 5 N–H and O–H groups in total. The van der Waals surface area contributed by atoms with Crippen LogP contribution in [0.2, 0.25) is 0 Å². The molecule has 2 heterocycles. The van der Waals surface area contributed by atoms with Gasteiger partial charge in [0.2, 0.25) is 0 Å². The van der Waals surface area contributed by atoms with Crippen LogP contribution in [-0.2, 0) is 25.6 Å². The van der Waals surface area contributed by atoms with Gasteiger partial charge in [-0.25, -0.2) is 24.7 Å². The molecule has 0 radical (unpaired) electrons. The maximum absolute atomic E-state index is 13.1. The third kappa shape index (κ3) is 7.05. The number of aliphatic hydroxyl groups excluding tert-OH is 4. The Bertz CT molecular complexity index is 1100. The molecule has 3 aliphatic rings. The first-order chi connectivity index (χ1) is 19.8. The van der Waals surface area contributed by atoms with Gasteiger partial charge in [-0.05, 0) is 45.1 Å². The second-order valence-electron chi connectivity index (χ2n) is 10.0. The minimum atomic E-state index is -1.57. The standard InChI is InChI=1S/C26H39N5O10/c1-3-38-25(36)28-31(26(37)39-4-2)20-17(15-8-6-5-7-9-15)10-11-18(20)30-12-16(27-29-30)14-40-24-23(35)22(34)21(33)19(13-32)41-24/h10-12,18-24,32-35H,3-9,13-14H2,1-2H3,(H,28,36)/t18-,19-,20-,21-,22+,23-,24-/m1/s1. The van der Waals surface area contributed by atoms with Crippen molar-refractivity contribution < 1.29 is 49.0 Å². The van der Waals surface area contributed by atoms with Crippen LogP contribution in [0.25, 0.3) is 0 Å². The van der Waals surface area contributed by atoms with Gasteiger partial charge in [-0.1, -0.05) is 29.4 Å². The minimum absolute atomic E-state index is 0.0966. The Hall–Kier alpha value is -3.08. The van der Waals surface area contributed by atoms with Crippen molar-refractivity contribution in [2.24, 2.45) is 0 Å². The summed E-state index contributed by atoms with van der Waals surface area (Å²) >= 11 is 0. The Morgan fingerprint density at radius 3 is 2.51 bits per heavy atom. The molecule has 41 heavy (non-hydrogen) atoms. The number of rotatable bonds is 8. The summed E-state index contributed by atoms with van der Waals surface area (Å²) in [5.74, 6) is 0. The van der Waals surface area contributed by atoms with Gasteiger partial charge in [0.1, 0.15) is 36.2 Å². The number of nitrogens with one attached hydrogen (secondary N) is 1. The second kappa shape index (κ2) is 14.2. The van der Waals surface area contributed by atoms with E-state index < -0.39 is 61.6 Å². The highest BCUT2D eigenvalue weighted by molar-refractivity contribution is 5.75. The lowest BCUT2D eigenvalue weighted by Gasteiger charge is -2.39. The van der Waals surface area contributed by atoms with Crippen molar-refractivity contribution in [2.75, 3.05) is 19.8 Å². The Morgan fingerprint density at radius 2 is 1.83 bits per heavy atom. The Balaban J connectivity index is 1.57. The van der Waals surface area contributed by atoms with Crippen molar-refractivity contribution in [2.45, 2.75) is 95.3 Å². The van der Waals surface area contributed by atoms with E-state index in [2.05, 4.69) is 15.7 Å². The molecule has 1 saturated heterocycles. The number of hydrogen-bond acceptors (Lipinski definition) is 12. The molecule has 0 aromatic carbocycles. The van der Waals surface area contributed by atoms with Crippen LogP contribution in [-0.4, -0.2) is 109 Å². The first-order valence-corrected chi connectivity index (χ1v) is 13.9. The van der Waals surface area contributed by atoms with Gasteiger partial charge in [-0.2, -0.15) is 0 Å². The number of amides is 2. The molecule has 228 valence electrons. The molecule has 2 fully saturated rings. The van der Waals surface area contributed by atoms with Gasteiger partial charge in [-0.15, -0.1) is 5.10 Å². The number of nitrogens with zero attached hydrogens (tertiary/aromatic N) is 4. The molecule has 1 aromatic heterocycles. The molecule has 1 aromatic rings. The number of carbonyl (C=O) groups is 2. The monoisotopic (exact) mass is 581 g/mol. The minimum Gasteiger partial charge on any atom is -0.449 e. The number of hydrogen-bond donors (Lipinski definition) is 5.